The van der Waals surface area contributed by atoms with Gasteiger partial charge in [-0.2, -0.15) is 0 Å². The Labute approximate surface area is 178 Å². The smallest absolute Gasteiger partial charge is 0.282 e. The van der Waals surface area contributed by atoms with Crippen molar-refractivity contribution < 1.29 is 28.4 Å². The monoisotopic (exact) mass is 419 g/mol. The second-order valence-corrected chi connectivity index (χ2v) is 6.53. The number of rotatable bonds is 21. The average molecular weight is 420 g/mol. The molecule has 174 valence electrons. The highest BCUT2D eigenvalue weighted by molar-refractivity contribution is 4.75. The first-order valence-corrected chi connectivity index (χ1v) is 11.1. The summed E-state index contributed by atoms with van der Waals surface area (Å²) in [4.78, 5) is 2.35. The molecule has 0 saturated heterocycles. The Morgan fingerprint density at radius 1 is 0.690 bits per heavy atom. The molecule has 0 aliphatic carbocycles. The van der Waals surface area contributed by atoms with Crippen molar-refractivity contribution in [3.63, 3.8) is 0 Å². The first-order valence-electron chi connectivity index (χ1n) is 11.1. The van der Waals surface area contributed by atoms with Gasteiger partial charge in [-0.3, -0.25) is 4.90 Å². The summed E-state index contributed by atoms with van der Waals surface area (Å²) in [6.45, 7) is 19.0. The Hall–Kier alpha value is -0.540. The molecule has 29 heavy (non-hydrogen) atoms. The van der Waals surface area contributed by atoms with Crippen molar-refractivity contribution in [2.75, 3.05) is 59.8 Å². The molecule has 0 heterocycles. The van der Waals surface area contributed by atoms with Crippen LogP contribution in [-0.4, -0.2) is 76.6 Å². The van der Waals surface area contributed by atoms with Crippen molar-refractivity contribution in [2.24, 2.45) is 0 Å². The van der Waals surface area contributed by atoms with Crippen LogP contribution in [0.25, 0.3) is 0 Å². The van der Waals surface area contributed by atoms with Gasteiger partial charge in [0.15, 0.2) is 0 Å². The summed E-state index contributed by atoms with van der Waals surface area (Å²) in [5.74, 6) is -1.91. The van der Waals surface area contributed by atoms with Crippen molar-refractivity contribution in [1.82, 2.24) is 4.90 Å². The minimum absolute atomic E-state index is 0.540. The topological polar surface area (TPSA) is 58.6 Å². The Bertz CT molecular complexity index is 370. The Kier molecular flexibility index (Phi) is 16.9. The molecule has 0 aromatic carbocycles. The second kappa shape index (κ2) is 17.2. The van der Waals surface area contributed by atoms with Crippen LogP contribution >= 0.6 is 0 Å². The highest BCUT2D eigenvalue weighted by Gasteiger charge is 2.33. The first-order chi connectivity index (χ1) is 14.0. The van der Waals surface area contributed by atoms with Crippen molar-refractivity contribution >= 4 is 0 Å². The van der Waals surface area contributed by atoms with E-state index in [1.54, 1.807) is 7.11 Å². The minimum Gasteiger partial charge on any atom is -0.331 e. The molecule has 0 bridgehead atoms. The van der Waals surface area contributed by atoms with Crippen LogP contribution < -0.4 is 0 Å². The number of methoxy groups -OCH3 is 1. The molecule has 0 fully saturated rings. The molecule has 0 aromatic heterocycles. The van der Waals surface area contributed by atoms with E-state index in [2.05, 4.69) is 11.5 Å². The lowest BCUT2D eigenvalue weighted by Crippen LogP contribution is -2.41. The van der Waals surface area contributed by atoms with Crippen molar-refractivity contribution in [1.29, 1.82) is 0 Å². The predicted octanol–water partition coefficient (Wildman–Crippen LogP) is 4.17. The lowest BCUT2D eigenvalue weighted by molar-refractivity contribution is -0.380. The summed E-state index contributed by atoms with van der Waals surface area (Å²) >= 11 is 0. The molecule has 0 aliphatic heterocycles. The third kappa shape index (κ3) is 11.4. The van der Waals surface area contributed by atoms with Crippen LogP contribution in [0.1, 0.15) is 60.3 Å². The van der Waals surface area contributed by atoms with Gasteiger partial charge < -0.3 is 28.4 Å². The number of hydrogen-bond acceptors (Lipinski definition) is 7. The van der Waals surface area contributed by atoms with E-state index in [1.165, 1.54) is 0 Å². The summed E-state index contributed by atoms with van der Waals surface area (Å²) in [5, 5.41) is 0. The van der Waals surface area contributed by atoms with Gasteiger partial charge in [0.1, 0.15) is 0 Å². The maximum absolute atomic E-state index is 5.81. The molecule has 0 aliphatic rings. The van der Waals surface area contributed by atoms with E-state index in [-0.39, 0.29) is 0 Å². The Morgan fingerprint density at radius 3 is 1.41 bits per heavy atom. The second-order valence-electron chi connectivity index (χ2n) is 6.53. The van der Waals surface area contributed by atoms with Crippen LogP contribution in [-0.2, 0) is 28.4 Å². The number of ether oxygens (including phenoxy) is 6. The number of nitrogens with zero attached hydrogens (tertiary/aromatic N) is 1. The van der Waals surface area contributed by atoms with Gasteiger partial charge >= 0.3 is 0 Å². The van der Waals surface area contributed by atoms with Gasteiger partial charge in [0.25, 0.3) is 11.9 Å². The Morgan fingerprint density at radius 2 is 1.07 bits per heavy atom. The standard InChI is InChI=1S/C22H45NO6/c1-8-18-23(19-14-16-21(24-7,25-9-2)26-10-3)20-15-17-22(27-11-4,28-12-5)29-13-6/h8H,1,9-20H2,2-7H3. The maximum atomic E-state index is 5.81. The van der Waals surface area contributed by atoms with Gasteiger partial charge in [0, 0.05) is 59.5 Å². The van der Waals surface area contributed by atoms with Crippen molar-refractivity contribution in [3.8, 4) is 0 Å². The zero-order chi connectivity index (χ0) is 22.0. The van der Waals surface area contributed by atoms with Crippen molar-refractivity contribution in [3.05, 3.63) is 12.7 Å². The SMILES string of the molecule is C=CCN(CCCC(OC)(OCC)OCC)CCCC(OCC)(OCC)OCC. The molecule has 0 spiro atoms. The average Bonchev–Trinajstić information content (AvgIpc) is 2.69. The van der Waals surface area contributed by atoms with E-state index in [1.807, 2.05) is 40.7 Å². The summed E-state index contributed by atoms with van der Waals surface area (Å²) in [6.07, 6.45) is 5.04. The fourth-order valence-corrected chi connectivity index (χ4v) is 3.36. The summed E-state index contributed by atoms with van der Waals surface area (Å²) in [5.41, 5.74) is 0. The highest BCUT2D eigenvalue weighted by Crippen LogP contribution is 2.24. The molecule has 0 rings (SSSR count). The van der Waals surface area contributed by atoms with E-state index < -0.39 is 11.9 Å². The summed E-state index contributed by atoms with van der Waals surface area (Å²) < 4.78 is 34.4. The molecular weight excluding hydrogens is 374 g/mol. The Balaban J connectivity index is 4.71. The lowest BCUT2D eigenvalue weighted by atomic mass is 10.2. The van der Waals surface area contributed by atoms with Crippen LogP contribution in [0.3, 0.4) is 0 Å². The third-order valence-corrected chi connectivity index (χ3v) is 4.43. The third-order valence-electron chi connectivity index (χ3n) is 4.43. The van der Waals surface area contributed by atoms with E-state index in [9.17, 15) is 0 Å². The normalized spacial score (nSPS) is 12.7. The lowest BCUT2D eigenvalue weighted by Gasteiger charge is -2.33. The highest BCUT2D eigenvalue weighted by atomic mass is 16.9. The summed E-state index contributed by atoms with van der Waals surface area (Å²) in [6, 6.07) is 0. The molecule has 0 saturated carbocycles. The predicted molar refractivity (Wildman–Crippen MR) is 116 cm³/mol. The summed E-state index contributed by atoms with van der Waals surface area (Å²) in [7, 11) is 1.63. The molecule has 0 radical (unpaired) electrons. The largest absolute Gasteiger partial charge is 0.331 e. The van der Waals surface area contributed by atoms with Gasteiger partial charge in [-0.25, -0.2) is 0 Å². The van der Waals surface area contributed by atoms with E-state index in [0.29, 0.717) is 45.9 Å². The quantitative estimate of drug-likeness (QED) is 0.204. The fourth-order valence-electron chi connectivity index (χ4n) is 3.36. The number of hydrogen-bond donors (Lipinski definition) is 0. The minimum atomic E-state index is -0.961. The molecular formula is C22H45NO6. The van der Waals surface area contributed by atoms with Crippen LogP contribution in [0.4, 0.5) is 0 Å². The first kappa shape index (κ1) is 28.5. The molecule has 0 amide bonds. The van der Waals surface area contributed by atoms with E-state index in [4.69, 9.17) is 28.4 Å². The van der Waals surface area contributed by atoms with Crippen molar-refractivity contribution in [2.45, 2.75) is 72.2 Å². The van der Waals surface area contributed by atoms with Gasteiger partial charge in [0.2, 0.25) is 0 Å². The van der Waals surface area contributed by atoms with E-state index >= 15 is 0 Å². The van der Waals surface area contributed by atoms with Gasteiger partial charge in [-0.15, -0.1) is 6.58 Å². The van der Waals surface area contributed by atoms with Gasteiger partial charge in [0.05, 0.1) is 0 Å². The van der Waals surface area contributed by atoms with Gasteiger partial charge in [-0.05, 0) is 60.5 Å². The van der Waals surface area contributed by atoms with Crippen LogP contribution in [0.2, 0.25) is 0 Å². The molecule has 0 atom stereocenters. The maximum Gasteiger partial charge on any atom is 0.282 e. The molecule has 0 aromatic rings. The van der Waals surface area contributed by atoms with Crippen LogP contribution in [0.5, 0.6) is 0 Å². The molecule has 7 nitrogen and oxygen atoms in total. The zero-order valence-electron chi connectivity index (χ0n) is 19.7. The fraction of sp³-hybridized carbons (Fsp3) is 0.909. The molecule has 7 heteroatoms. The van der Waals surface area contributed by atoms with Crippen LogP contribution in [0.15, 0.2) is 12.7 Å². The van der Waals surface area contributed by atoms with E-state index in [0.717, 1.165) is 32.5 Å². The molecule has 0 unspecified atom stereocenters. The van der Waals surface area contributed by atoms with Crippen LogP contribution in [0, 0.1) is 0 Å². The molecule has 0 N–H and O–H groups in total. The zero-order valence-corrected chi connectivity index (χ0v) is 19.7. The van der Waals surface area contributed by atoms with Gasteiger partial charge in [-0.1, -0.05) is 6.08 Å².